The van der Waals surface area contributed by atoms with Gasteiger partial charge in [-0.3, -0.25) is 4.79 Å². The quantitative estimate of drug-likeness (QED) is 0.728. The van der Waals surface area contributed by atoms with Gasteiger partial charge in [0.05, 0.1) is 5.92 Å². The van der Waals surface area contributed by atoms with Crippen LogP contribution in [0.2, 0.25) is 0 Å². The van der Waals surface area contributed by atoms with Crippen LogP contribution < -0.4 is 5.32 Å². The standard InChI is InChI=1S/C6H6Cl2F3NO/c7-5(8)1-3(5)4(13)12-2-6(9,10)11/h3H,1-2H2,(H,12,13). The minimum absolute atomic E-state index is 0.208. The number of halogens is 5. The Morgan fingerprint density at radius 2 is 2.00 bits per heavy atom. The fourth-order valence-corrected chi connectivity index (χ4v) is 1.32. The molecule has 0 aromatic heterocycles. The average molecular weight is 236 g/mol. The average Bonchev–Trinajstić information content (AvgIpc) is 2.53. The van der Waals surface area contributed by atoms with Crippen molar-refractivity contribution in [1.29, 1.82) is 0 Å². The van der Waals surface area contributed by atoms with Gasteiger partial charge in [-0.25, -0.2) is 0 Å². The van der Waals surface area contributed by atoms with Crippen LogP contribution >= 0.6 is 23.2 Å². The third-order valence-corrected chi connectivity index (χ3v) is 2.44. The molecule has 1 atom stereocenters. The fourth-order valence-electron chi connectivity index (χ4n) is 0.808. The molecule has 1 amide bonds. The molecule has 1 N–H and O–H groups in total. The van der Waals surface area contributed by atoms with Crippen molar-refractivity contribution in [2.24, 2.45) is 5.92 Å². The zero-order chi connectivity index (χ0) is 10.3. The van der Waals surface area contributed by atoms with E-state index >= 15 is 0 Å². The molecule has 0 saturated heterocycles. The Kier molecular flexibility index (Phi) is 2.69. The number of amides is 1. The molecule has 76 valence electrons. The molecule has 0 spiro atoms. The lowest BCUT2D eigenvalue weighted by Crippen LogP contribution is -2.35. The monoisotopic (exact) mass is 235 g/mol. The second kappa shape index (κ2) is 3.20. The third kappa shape index (κ3) is 3.23. The van der Waals surface area contributed by atoms with E-state index in [1.54, 1.807) is 5.32 Å². The second-order valence-electron chi connectivity index (χ2n) is 2.85. The van der Waals surface area contributed by atoms with Crippen molar-refractivity contribution in [2.75, 3.05) is 6.54 Å². The van der Waals surface area contributed by atoms with Crippen LogP contribution in [0.1, 0.15) is 6.42 Å². The van der Waals surface area contributed by atoms with Crippen molar-refractivity contribution < 1.29 is 18.0 Å². The molecule has 1 fully saturated rings. The summed E-state index contributed by atoms with van der Waals surface area (Å²) in [6.07, 6.45) is -4.19. The summed E-state index contributed by atoms with van der Waals surface area (Å²) in [5.41, 5.74) is 0. The predicted octanol–water partition coefficient (Wildman–Crippen LogP) is 1.86. The first-order valence-corrected chi connectivity index (χ1v) is 4.20. The Hall–Kier alpha value is -0.160. The molecule has 0 heterocycles. The minimum Gasteiger partial charge on any atom is -0.347 e. The van der Waals surface area contributed by atoms with Crippen LogP contribution in [0, 0.1) is 5.92 Å². The van der Waals surface area contributed by atoms with Crippen molar-refractivity contribution >= 4 is 29.1 Å². The highest BCUT2D eigenvalue weighted by Crippen LogP contribution is 2.53. The zero-order valence-electron chi connectivity index (χ0n) is 6.29. The van der Waals surface area contributed by atoms with Gasteiger partial charge in [-0.15, -0.1) is 23.2 Å². The Morgan fingerprint density at radius 1 is 1.54 bits per heavy atom. The first-order chi connectivity index (χ1) is 5.72. The van der Waals surface area contributed by atoms with Crippen molar-refractivity contribution in [3.63, 3.8) is 0 Å². The van der Waals surface area contributed by atoms with Crippen molar-refractivity contribution in [1.82, 2.24) is 5.32 Å². The lowest BCUT2D eigenvalue weighted by molar-refractivity contribution is -0.139. The maximum absolute atomic E-state index is 11.6. The molecule has 1 aliphatic carbocycles. The maximum Gasteiger partial charge on any atom is 0.405 e. The van der Waals surface area contributed by atoms with Gasteiger partial charge >= 0.3 is 6.18 Å². The molecule has 2 nitrogen and oxygen atoms in total. The molecule has 0 bridgehead atoms. The summed E-state index contributed by atoms with van der Waals surface area (Å²) in [4.78, 5) is 10.9. The summed E-state index contributed by atoms with van der Waals surface area (Å²) in [6, 6.07) is 0. The van der Waals surface area contributed by atoms with Crippen molar-refractivity contribution in [3.8, 4) is 0 Å². The molecular formula is C6H6Cl2F3NO. The summed E-state index contributed by atoms with van der Waals surface area (Å²) in [5.74, 6) is -1.46. The van der Waals surface area contributed by atoms with E-state index in [4.69, 9.17) is 23.2 Å². The van der Waals surface area contributed by atoms with Crippen LogP contribution in [0.15, 0.2) is 0 Å². The number of carbonyl (C=O) groups excluding carboxylic acids is 1. The molecule has 1 aliphatic rings. The van der Waals surface area contributed by atoms with E-state index in [1.807, 2.05) is 0 Å². The van der Waals surface area contributed by atoms with E-state index in [0.717, 1.165) is 0 Å². The second-order valence-corrected chi connectivity index (χ2v) is 4.39. The molecule has 0 aliphatic heterocycles. The molecule has 0 aromatic rings. The van der Waals surface area contributed by atoms with E-state index in [1.165, 1.54) is 0 Å². The van der Waals surface area contributed by atoms with Crippen LogP contribution in [-0.2, 0) is 4.79 Å². The van der Waals surface area contributed by atoms with Gasteiger partial charge in [-0.1, -0.05) is 0 Å². The molecule has 0 radical (unpaired) electrons. The van der Waals surface area contributed by atoms with Crippen LogP contribution in [0.4, 0.5) is 13.2 Å². The number of alkyl halides is 5. The number of hydrogen-bond acceptors (Lipinski definition) is 1. The van der Waals surface area contributed by atoms with Crippen LogP contribution in [0.5, 0.6) is 0 Å². The number of hydrogen-bond donors (Lipinski definition) is 1. The van der Waals surface area contributed by atoms with E-state index < -0.39 is 28.9 Å². The topological polar surface area (TPSA) is 29.1 Å². The smallest absolute Gasteiger partial charge is 0.347 e. The Balaban J connectivity index is 2.29. The third-order valence-electron chi connectivity index (χ3n) is 1.61. The number of rotatable bonds is 2. The van der Waals surface area contributed by atoms with Gasteiger partial charge in [0.25, 0.3) is 0 Å². The summed E-state index contributed by atoms with van der Waals surface area (Å²) >= 11 is 11.0. The van der Waals surface area contributed by atoms with E-state index in [9.17, 15) is 18.0 Å². The first-order valence-electron chi connectivity index (χ1n) is 3.45. The highest BCUT2D eigenvalue weighted by molar-refractivity contribution is 6.52. The van der Waals surface area contributed by atoms with Gasteiger partial charge < -0.3 is 5.32 Å². The Bertz CT molecular complexity index is 228. The first kappa shape index (κ1) is 10.9. The number of nitrogens with one attached hydrogen (secondary N) is 1. The largest absolute Gasteiger partial charge is 0.405 e. The SMILES string of the molecule is O=C(NCC(F)(F)F)C1CC1(Cl)Cl. The molecule has 0 aromatic carbocycles. The molecule has 1 unspecified atom stereocenters. The summed E-state index contributed by atoms with van der Waals surface area (Å²) < 4.78 is 33.7. The zero-order valence-corrected chi connectivity index (χ0v) is 7.80. The lowest BCUT2D eigenvalue weighted by atomic mass is 10.4. The lowest BCUT2D eigenvalue weighted by Gasteiger charge is -2.07. The highest BCUT2D eigenvalue weighted by atomic mass is 35.5. The van der Waals surface area contributed by atoms with Gasteiger partial charge in [-0.05, 0) is 6.42 Å². The van der Waals surface area contributed by atoms with Gasteiger partial charge in [0.1, 0.15) is 10.9 Å². The van der Waals surface area contributed by atoms with E-state index in [0.29, 0.717) is 0 Å². The molecule has 1 saturated carbocycles. The fraction of sp³-hybridized carbons (Fsp3) is 0.833. The summed E-state index contributed by atoms with van der Waals surface area (Å²) in [5, 5.41) is 1.71. The summed E-state index contributed by atoms with van der Waals surface area (Å²) in [7, 11) is 0. The molecular weight excluding hydrogens is 230 g/mol. The van der Waals surface area contributed by atoms with Gasteiger partial charge in [0, 0.05) is 0 Å². The van der Waals surface area contributed by atoms with Crippen LogP contribution in [-0.4, -0.2) is 23.0 Å². The maximum atomic E-state index is 11.6. The van der Waals surface area contributed by atoms with E-state index in [-0.39, 0.29) is 6.42 Å². The predicted molar refractivity (Wildman–Crippen MR) is 41.6 cm³/mol. The van der Waals surface area contributed by atoms with E-state index in [2.05, 4.69) is 0 Å². The van der Waals surface area contributed by atoms with Crippen molar-refractivity contribution in [3.05, 3.63) is 0 Å². The van der Waals surface area contributed by atoms with Crippen LogP contribution in [0.25, 0.3) is 0 Å². The van der Waals surface area contributed by atoms with Gasteiger partial charge in [0.2, 0.25) is 5.91 Å². The minimum atomic E-state index is -4.40. The Morgan fingerprint density at radius 3 is 2.31 bits per heavy atom. The normalized spacial score (nSPS) is 25.5. The molecule has 13 heavy (non-hydrogen) atoms. The van der Waals surface area contributed by atoms with Crippen LogP contribution in [0.3, 0.4) is 0 Å². The summed E-state index contributed by atoms with van der Waals surface area (Å²) in [6.45, 7) is -1.34. The molecule has 7 heteroatoms. The molecule has 1 rings (SSSR count). The Labute approximate surface area is 82.4 Å². The van der Waals surface area contributed by atoms with Gasteiger partial charge in [0.15, 0.2) is 0 Å². The van der Waals surface area contributed by atoms with Gasteiger partial charge in [-0.2, -0.15) is 13.2 Å². The number of carbonyl (C=O) groups is 1. The van der Waals surface area contributed by atoms with Crippen molar-refractivity contribution in [2.45, 2.75) is 16.9 Å². The highest BCUT2D eigenvalue weighted by Gasteiger charge is 2.56.